The second-order valence-corrected chi connectivity index (χ2v) is 5.32. The molecule has 1 aromatic heterocycles. The molecule has 0 unspecified atom stereocenters. The van der Waals surface area contributed by atoms with Crippen molar-refractivity contribution < 1.29 is 14.0 Å². The topological polar surface area (TPSA) is 50.5 Å². The molecule has 3 rings (SSSR count). The maximum Gasteiger partial charge on any atom is 0.265 e. The molecular weight excluding hydrogens is 266 g/mol. The van der Waals surface area contributed by atoms with Crippen LogP contribution in [0.25, 0.3) is 0 Å². The van der Waals surface area contributed by atoms with Gasteiger partial charge in [0.05, 0.1) is 11.1 Å². The third kappa shape index (κ3) is 2.27. The van der Waals surface area contributed by atoms with Crippen LogP contribution in [0.3, 0.4) is 0 Å². The summed E-state index contributed by atoms with van der Waals surface area (Å²) in [5.41, 5.74) is 2.10. The van der Waals surface area contributed by atoms with E-state index < -0.39 is 0 Å². The molecule has 0 radical (unpaired) electrons. The van der Waals surface area contributed by atoms with Crippen molar-refractivity contribution >= 4 is 11.8 Å². The zero-order valence-corrected chi connectivity index (χ0v) is 12.2. The van der Waals surface area contributed by atoms with Crippen LogP contribution in [0.15, 0.2) is 34.7 Å². The average molecular weight is 283 g/mol. The van der Waals surface area contributed by atoms with Gasteiger partial charge in [0.2, 0.25) is 0 Å². The van der Waals surface area contributed by atoms with E-state index in [1.54, 1.807) is 13.8 Å². The van der Waals surface area contributed by atoms with Crippen molar-refractivity contribution in [1.29, 1.82) is 0 Å². The molecular formula is C17H17NO3. The van der Waals surface area contributed by atoms with E-state index in [-0.39, 0.29) is 11.8 Å². The number of carbonyl (C=O) groups is 2. The van der Waals surface area contributed by atoms with E-state index in [0.717, 1.165) is 12.8 Å². The van der Waals surface area contributed by atoms with E-state index >= 15 is 0 Å². The lowest BCUT2D eigenvalue weighted by Crippen LogP contribution is -2.31. The van der Waals surface area contributed by atoms with Crippen LogP contribution in [0.1, 0.15) is 44.2 Å². The summed E-state index contributed by atoms with van der Waals surface area (Å²) < 4.78 is 5.38. The molecule has 0 N–H and O–H groups in total. The van der Waals surface area contributed by atoms with Crippen LogP contribution >= 0.6 is 0 Å². The number of hydrogen-bond acceptors (Lipinski definition) is 3. The van der Waals surface area contributed by atoms with Gasteiger partial charge < -0.3 is 4.42 Å². The highest BCUT2D eigenvalue weighted by Gasteiger charge is 2.40. The third-order valence-electron chi connectivity index (χ3n) is 3.87. The minimum absolute atomic E-state index is 0.225. The molecule has 21 heavy (non-hydrogen) atoms. The summed E-state index contributed by atoms with van der Waals surface area (Å²) >= 11 is 0. The van der Waals surface area contributed by atoms with Crippen LogP contribution in [0.5, 0.6) is 0 Å². The number of fused-ring (bicyclic) bond motifs is 1. The van der Waals surface area contributed by atoms with Gasteiger partial charge in [-0.2, -0.15) is 0 Å². The number of imide groups is 1. The van der Waals surface area contributed by atoms with Gasteiger partial charge in [-0.1, -0.05) is 30.3 Å². The number of furan rings is 1. The largest absolute Gasteiger partial charge is 0.465 e. The van der Waals surface area contributed by atoms with Crippen LogP contribution in [0, 0.1) is 13.8 Å². The molecule has 1 aliphatic rings. The van der Waals surface area contributed by atoms with E-state index in [0.29, 0.717) is 29.2 Å². The number of rotatable bonds is 4. The first kappa shape index (κ1) is 13.6. The molecule has 4 heteroatoms. The zero-order valence-electron chi connectivity index (χ0n) is 12.2. The van der Waals surface area contributed by atoms with Gasteiger partial charge in [0.15, 0.2) is 0 Å². The van der Waals surface area contributed by atoms with Gasteiger partial charge in [-0.05, 0) is 32.3 Å². The van der Waals surface area contributed by atoms with E-state index in [1.165, 1.54) is 10.5 Å². The SMILES string of the molecule is Cc1oc(C)c2c1C(=O)N(CCCc1ccccc1)C2=O. The van der Waals surface area contributed by atoms with Crippen molar-refractivity contribution in [3.63, 3.8) is 0 Å². The normalized spacial score (nSPS) is 13.9. The number of hydrogen-bond donors (Lipinski definition) is 0. The predicted molar refractivity (Wildman–Crippen MR) is 78.3 cm³/mol. The molecule has 1 aliphatic heterocycles. The summed E-state index contributed by atoms with van der Waals surface area (Å²) in [5, 5.41) is 0. The molecule has 4 nitrogen and oxygen atoms in total. The van der Waals surface area contributed by atoms with Gasteiger partial charge in [-0.15, -0.1) is 0 Å². The highest BCUT2D eigenvalue weighted by Crippen LogP contribution is 2.30. The van der Waals surface area contributed by atoms with Crippen molar-refractivity contribution in [2.45, 2.75) is 26.7 Å². The fourth-order valence-corrected chi connectivity index (χ4v) is 2.85. The zero-order chi connectivity index (χ0) is 15.0. The minimum Gasteiger partial charge on any atom is -0.465 e. The summed E-state index contributed by atoms with van der Waals surface area (Å²) in [6.07, 6.45) is 1.62. The van der Waals surface area contributed by atoms with Crippen LogP contribution in [-0.4, -0.2) is 23.3 Å². The lowest BCUT2D eigenvalue weighted by Gasteiger charge is -2.14. The van der Waals surface area contributed by atoms with Gasteiger partial charge in [0.1, 0.15) is 11.5 Å². The van der Waals surface area contributed by atoms with Gasteiger partial charge in [-0.25, -0.2) is 0 Å². The number of benzene rings is 1. The van der Waals surface area contributed by atoms with Gasteiger partial charge in [-0.3, -0.25) is 14.5 Å². The van der Waals surface area contributed by atoms with Crippen molar-refractivity contribution in [2.75, 3.05) is 6.54 Å². The summed E-state index contributed by atoms with van der Waals surface area (Å²) in [6.45, 7) is 3.90. The Balaban J connectivity index is 1.70. The fourth-order valence-electron chi connectivity index (χ4n) is 2.85. The van der Waals surface area contributed by atoms with Gasteiger partial charge in [0, 0.05) is 6.54 Å². The first-order chi connectivity index (χ1) is 10.1. The van der Waals surface area contributed by atoms with Crippen LogP contribution in [0.4, 0.5) is 0 Å². The van der Waals surface area contributed by atoms with E-state index in [4.69, 9.17) is 4.42 Å². The van der Waals surface area contributed by atoms with Crippen LogP contribution in [0.2, 0.25) is 0 Å². The number of amides is 2. The van der Waals surface area contributed by atoms with E-state index in [1.807, 2.05) is 18.2 Å². The Morgan fingerprint density at radius 1 is 0.952 bits per heavy atom. The Morgan fingerprint density at radius 2 is 1.52 bits per heavy atom. The van der Waals surface area contributed by atoms with Crippen molar-refractivity contribution in [1.82, 2.24) is 4.90 Å². The van der Waals surface area contributed by atoms with E-state index in [2.05, 4.69) is 12.1 Å². The molecule has 0 aliphatic carbocycles. The van der Waals surface area contributed by atoms with Gasteiger partial charge >= 0.3 is 0 Å². The predicted octanol–water partition coefficient (Wildman–Crippen LogP) is 3.13. The second-order valence-electron chi connectivity index (χ2n) is 5.32. The van der Waals surface area contributed by atoms with Gasteiger partial charge in [0.25, 0.3) is 11.8 Å². The Hall–Kier alpha value is -2.36. The smallest absolute Gasteiger partial charge is 0.265 e. The minimum atomic E-state index is -0.225. The summed E-state index contributed by atoms with van der Waals surface area (Å²) in [4.78, 5) is 26.0. The lowest BCUT2D eigenvalue weighted by molar-refractivity contribution is 0.0648. The fraction of sp³-hybridized carbons (Fsp3) is 0.294. The first-order valence-electron chi connectivity index (χ1n) is 7.09. The number of carbonyl (C=O) groups excluding carboxylic acids is 2. The summed E-state index contributed by atoms with van der Waals surface area (Å²) in [5.74, 6) is 0.618. The summed E-state index contributed by atoms with van der Waals surface area (Å²) in [7, 11) is 0. The highest BCUT2D eigenvalue weighted by atomic mass is 16.3. The molecule has 0 bridgehead atoms. The maximum atomic E-state index is 12.3. The molecule has 1 aromatic carbocycles. The third-order valence-corrected chi connectivity index (χ3v) is 3.87. The summed E-state index contributed by atoms with van der Waals surface area (Å²) in [6, 6.07) is 10.1. The highest BCUT2D eigenvalue weighted by molar-refractivity contribution is 6.22. The molecule has 0 spiro atoms. The molecule has 2 aromatic rings. The Bertz CT molecular complexity index is 664. The molecule has 2 heterocycles. The Morgan fingerprint density at radius 3 is 2.10 bits per heavy atom. The Labute approximate surface area is 123 Å². The van der Waals surface area contributed by atoms with Crippen molar-refractivity contribution in [3.05, 3.63) is 58.5 Å². The average Bonchev–Trinajstić information content (AvgIpc) is 2.90. The quantitative estimate of drug-likeness (QED) is 0.810. The van der Waals surface area contributed by atoms with Crippen molar-refractivity contribution in [2.24, 2.45) is 0 Å². The molecule has 0 saturated heterocycles. The first-order valence-corrected chi connectivity index (χ1v) is 7.09. The lowest BCUT2D eigenvalue weighted by atomic mass is 10.1. The Kier molecular flexibility index (Phi) is 3.37. The van der Waals surface area contributed by atoms with Crippen LogP contribution < -0.4 is 0 Å². The molecule has 0 atom stereocenters. The number of aryl methyl sites for hydroxylation is 3. The number of nitrogens with zero attached hydrogens (tertiary/aromatic N) is 1. The van der Waals surface area contributed by atoms with Crippen LogP contribution in [-0.2, 0) is 6.42 Å². The monoisotopic (exact) mass is 283 g/mol. The second kappa shape index (κ2) is 5.20. The standard InChI is InChI=1S/C17H17NO3/c1-11-14-15(12(2)21-11)17(20)18(16(14)19)10-6-9-13-7-4-3-5-8-13/h3-5,7-8H,6,9-10H2,1-2H3. The van der Waals surface area contributed by atoms with E-state index in [9.17, 15) is 9.59 Å². The molecule has 0 fully saturated rings. The van der Waals surface area contributed by atoms with Crippen molar-refractivity contribution in [3.8, 4) is 0 Å². The molecule has 2 amide bonds. The molecule has 108 valence electrons. The maximum absolute atomic E-state index is 12.3. The molecule has 0 saturated carbocycles.